The van der Waals surface area contributed by atoms with Gasteiger partial charge in [-0.05, 0) is 42.2 Å². The van der Waals surface area contributed by atoms with E-state index < -0.39 is 0 Å². The molecule has 0 radical (unpaired) electrons. The van der Waals surface area contributed by atoms with Gasteiger partial charge in [-0.25, -0.2) is 0 Å². The summed E-state index contributed by atoms with van der Waals surface area (Å²) < 4.78 is 0. The van der Waals surface area contributed by atoms with E-state index >= 15 is 0 Å². The number of rotatable bonds is 3. The second kappa shape index (κ2) is 5.22. The summed E-state index contributed by atoms with van der Waals surface area (Å²) in [6, 6.07) is 8.13. The molecule has 0 amide bonds. The Labute approximate surface area is 112 Å². The van der Waals surface area contributed by atoms with Crippen LogP contribution in [0.2, 0.25) is 0 Å². The largest absolute Gasteiger partial charge is 0.508 e. The van der Waals surface area contributed by atoms with Gasteiger partial charge in [0.15, 0.2) is 0 Å². The lowest BCUT2D eigenvalue weighted by molar-refractivity contribution is 0.459. The molecular formula is C16H18O3. The Morgan fingerprint density at radius 3 is 2.21 bits per heavy atom. The van der Waals surface area contributed by atoms with Crippen LogP contribution in [0, 0.1) is 0 Å². The predicted molar refractivity (Wildman–Crippen MR) is 75.6 cm³/mol. The van der Waals surface area contributed by atoms with Gasteiger partial charge in [-0.3, -0.25) is 0 Å². The highest BCUT2D eigenvalue weighted by molar-refractivity contribution is 5.76. The molecule has 0 spiro atoms. The molecule has 2 aromatic rings. The average molecular weight is 258 g/mol. The van der Waals surface area contributed by atoms with Crippen molar-refractivity contribution in [2.24, 2.45) is 0 Å². The van der Waals surface area contributed by atoms with Crippen molar-refractivity contribution in [2.45, 2.75) is 26.7 Å². The van der Waals surface area contributed by atoms with Gasteiger partial charge in [0.1, 0.15) is 17.2 Å². The van der Waals surface area contributed by atoms with Crippen LogP contribution >= 0.6 is 0 Å². The maximum absolute atomic E-state index is 10.2. The van der Waals surface area contributed by atoms with Gasteiger partial charge in [0, 0.05) is 11.1 Å². The van der Waals surface area contributed by atoms with E-state index in [1.54, 1.807) is 0 Å². The van der Waals surface area contributed by atoms with Crippen molar-refractivity contribution >= 4 is 0 Å². The van der Waals surface area contributed by atoms with Crippen LogP contribution in [-0.4, -0.2) is 15.3 Å². The lowest BCUT2D eigenvalue weighted by Crippen LogP contribution is -1.93. The van der Waals surface area contributed by atoms with E-state index in [9.17, 15) is 15.3 Å². The number of hydrogen-bond donors (Lipinski definition) is 3. The van der Waals surface area contributed by atoms with Gasteiger partial charge in [0.05, 0.1) is 0 Å². The van der Waals surface area contributed by atoms with Gasteiger partial charge in [-0.15, -0.1) is 0 Å². The van der Waals surface area contributed by atoms with E-state index in [0.29, 0.717) is 12.0 Å². The fraction of sp³-hybridized carbons (Fsp3) is 0.250. The van der Waals surface area contributed by atoms with Crippen molar-refractivity contribution in [1.29, 1.82) is 0 Å². The van der Waals surface area contributed by atoms with E-state index in [4.69, 9.17) is 0 Å². The van der Waals surface area contributed by atoms with E-state index in [1.165, 1.54) is 18.2 Å². The fourth-order valence-electron chi connectivity index (χ4n) is 2.32. The molecule has 0 heterocycles. The Hall–Kier alpha value is -2.16. The standard InChI is InChI=1S/C16H18O3/c1-3-10-5-7-13(12(4-2)16(10)19)14-9-11(17)6-8-15(14)18/h5-9,17-19H,3-4H2,1-2H3. The summed E-state index contributed by atoms with van der Waals surface area (Å²) >= 11 is 0. The molecule has 0 bridgehead atoms. The molecule has 0 aromatic heterocycles. The monoisotopic (exact) mass is 258 g/mol. The van der Waals surface area contributed by atoms with Crippen LogP contribution in [0.4, 0.5) is 0 Å². The van der Waals surface area contributed by atoms with Gasteiger partial charge in [0.2, 0.25) is 0 Å². The third-order valence-electron chi connectivity index (χ3n) is 3.37. The third kappa shape index (κ3) is 2.36. The van der Waals surface area contributed by atoms with Crippen LogP contribution in [0.25, 0.3) is 11.1 Å². The zero-order chi connectivity index (χ0) is 14.0. The molecule has 0 aliphatic carbocycles. The lowest BCUT2D eigenvalue weighted by Gasteiger charge is -2.14. The maximum Gasteiger partial charge on any atom is 0.123 e. The molecule has 0 fully saturated rings. The molecule has 3 nitrogen and oxygen atoms in total. The van der Waals surface area contributed by atoms with Crippen molar-refractivity contribution in [1.82, 2.24) is 0 Å². The van der Waals surface area contributed by atoms with Crippen molar-refractivity contribution in [2.75, 3.05) is 0 Å². The molecule has 2 rings (SSSR count). The van der Waals surface area contributed by atoms with E-state index in [1.807, 2.05) is 26.0 Å². The predicted octanol–water partition coefficient (Wildman–Crippen LogP) is 3.60. The first-order valence-corrected chi connectivity index (χ1v) is 6.44. The van der Waals surface area contributed by atoms with E-state index in [0.717, 1.165) is 23.1 Å². The number of phenols is 3. The van der Waals surface area contributed by atoms with E-state index in [2.05, 4.69) is 0 Å². The lowest BCUT2D eigenvalue weighted by atomic mass is 9.93. The number of aromatic hydroxyl groups is 3. The molecule has 19 heavy (non-hydrogen) atoms. The third-order valence-corrected chi connectivity index (χ3v) is 3.37. The van der Waals surface area contributed by atoms with Crippen LogP contribution < -0.4 is 0 Å². The minimum Gasteiger partial charge on any atom is -0.508 e. The van der Waals surface area contributed by atoms with Crippen molar-refractivity contribution < 1.29 is 15.3 Å². The highest BCUT2D eigenvalue weighted by Crippen LogP contribution is 2.39. The Morgan fingerprint density at radius 1 is 0.842 bits per heavy atom. The van der Waals surface area contributed by atoms with Crippen LogP contribution in [0.3, 0.4) is 0 Å². The van der Waals surface area contributed by atoms with Gasteiger partial charge in [-0.2, -0.15) is 0 Å². The van der Waals surface area contributed by atoms with Crippen molar-refractivity contribution in [3.8, 4) is 28.4 Å². The van der Waals surface area contributed by atoms with Gasteiger partial charge in [-0.1, -0.05) is 26.0 Å². The Bertz CT molecular complexity index is 603. The molecule has 0 aliphatic heterocycles. The fourth-order valence-corrected chi connectivity index (χ4v) is 2.32. The quantitative estimate of drug-likeness (QED) is 0.737. The molecule has 100 valence electrons. The SMILES string of the molecule is CCc1ccc(-c2cc(O)ccc2O)c(CC)c1O. The molecule has 0 saturated heterocycles. The second-order valence-electron chi connectivity index (χ2n) is 4.51. The van der Waals surface area contributed by atoms with Crippen LogP contribution in [0.5, 0.6) is 17.2 Å². The molecule has 3 N–H and O–H groups in total. The summed E-state index contributed by atoms with van der Waals surface area (Å²) in [5.41, 5.74) is 2.97. The van der Waals surface area contributed by atoms with Gasteiger partial charge < -0.3 is 15.3 Å². The van der Waals surface area contributed by atoms with Gasteiger partial charge in [0.25, 0.3) is 0 Å². The Kier molecular flexibility index (Phi) is 3.65. The molecule has 0 saturated carbocycles. The molecule has 2 aromatic carbocycles. The number of phenolic OH excluding ortho intramolecular Hbond substituents is 3. The topological polar surface area (TPSA) is 60.7 Å². The first kappa shape index (κ1) is 13.3. The average Bonchev–Trinajstić information content (AvgIpc) is 2.41. The summed E-state index contributed by atoms with van der Waals surface area (Å²) in [6.45, 7) is 3.94. The molecule has 0 unspecified atom stereocenters. The molecular weight excluding hydrogens is 240 g/mol. The Balaban J connectivity index is 2.68. The highest BCUT2D eigenvalue weighted by Gasteiger charge is 2.14. The minimum atomic E-state index is 0.0916. The molecule has 0 aliphatic rings. The number of benzene rings is 2. The smallest absolute Gasteiger partial charge is 0.123 e. The zero-order valence-electron chi connectivity index (χ0n) is 11.1. The van der Waals surface area contributed by atoms with E-state index in [-0.39, 0.29) is 17.2 Å². The second-order valence-corrected chi connectivity index (χ2v) is 4.51. The number of aryl methyl sites for hydroxylation is 1. The summed E-state index contributed by atoms with van der Waals surface area (Å²) in [5, 5.41) is 29.7. The number of hydrogen-bond acceptors (Lipinski definition) is 3. The summed E-state index contributed by atoms with van der Waals surface area (Å²) in [5.74, 6) is 0.468. The minimum absolute atomic E-state index is 0.0916. The van der Waals surface area contributed by atoms with Crippen LogP contribution in [0.15, 0.2) is 30.3 Å². The zero-order valence-corrected chi connectivity index (χ0v) is 11.1. The summed E-state index contributed by atoms with van der Waals surface area (Å²) in [6.07, 6.45) is 1.41. The van der Waals surface area contributed by atoms with Gasteiger partial charge >= 0.3 is 0 Å². The van der Waals surface area contributed by atoms with Crippen LogP contribution in [-0.2, 0) is 12.8 Å². The first-order valence-electron chi connectivity index (χ1n) is 6.44. The van der Waals surface area contributed by atoms with Crippen LogP contribution in [0.1, 0.15) is 25.0 Å². The summed E-state index contributed by atoms with van der Waals surface area (Å²) in [4.78, 5) is 0. The van der Waals surface area contributed by atoms with Crippen molar-refractivity contribution in [3.05, 3.63) is 41.5 Å². The Morgan fingerprint density at radius 2 is 1.58 bits per heavy atom. The normalized spacial score (nSPS) is 10.6. The highest BCUT2D eigenvalue weighted by atomic mass is 16.3. The molecule has 0 atom stereocenters. The first-order chi connectivity index (χ1) is 9.08. The summed E-state index contributed by atoms with van der Waals surface area (Å²) in [7, 11) is 0. The van der Waals surface area contributed by atoms with Crippen molar-refractivity contribution in [3.63, 3.8) is 0 Å². The maximum atomic E-state index is 10.2. The molecule has 3 heteroatoms.